The Balaban J connectivity index is 2.21. The fourth-order valence-corrected chi connectivity index (χ4v) is 2.43. The van der Waals surface area contributed by atoms with E-state index >= 15 is 0 Å². The largest absolute Gasteiger partial charge is 0.325 e. The van der Waals surface area contributed by atoms with Crippen molar-refractivity contribution >= 4 is 11.8 Å². The molecule has 15 heavy (non-hydrogen) atoms. The lowest BCUT2D eigenvalue weighted by Crippen LogP contribution is -2.42. The molecule has 2 N–H and O–H groups in total. The highest BCUT2D eigenvalue weighted by molar-refractivity contribution is 5.51. The number of hydrogen-bond donors (Lipinski definition) is 2. The maximum atomic E-state index is 4.40. The van der Waals surface area contributed by atoms with Crippen LogP contribution in [0, 0.1) is 5.92 Å². The van der Waals surface area contributed by atoms with E-state index in [9.17, 15) is 0 Å². The number of hydrazine groups is 1. The van der Waals surface area contributed by atoms with Crippen molar-refractivity contribution in [3.8, 4) is 0 Å². The third-order valence-electron chi connectivity index (χ3n) is 3.21. The Morgan fingerprint density at radius 3 is 3.40 bits per heavy atom. The summed E-state index contributed by atoms with van der Waals surface area (Å²) in [6.45, 7) is 1.05. The predicted molar refractivity (Wildman–Crippen MR) is 59.8 cm³/mol. The lowest BCUT2D eigenvalue weighted by molar-refractivity contribution is 0.601. The Bertz CT molecular complexity index is 478. The number of hydrogen-bond acceptors (Lipinski definition) is 3. The van der Waals surface area contributed by atoms with Crippen LogP contribution in [0.15, 0.2) is 18.3 Å². The van der Waals surface area contributed by atoms with E-state index in [-0.39, 0.29) is 0 Å². The molecular weight excluding hydrogens is 186 g/mol. The van der Waals surface area contributed by atoms with Crippen LogP contribution in [-0.2, 0) is 0 Å². The summed E-state index contributed by atoms with van der Waals surface area (Å²) in [7, 11) is 0. The number of fused-ring (bicyclic) bond motifs is 2. The van der Waals surface area contributed by atoms with Crippen LogP contribution in [0.3, 0.4) is 0 Å². The molecular formula is C12H15N3. The molecule has 1 aromatic rings. The minimum atomic E-state index is 0.650. The normalized spacial score (nSPS) is 24.3. The van der Waals surface area contributed by atoms with Gasteiger partial charge in [-0.15, -0.1) is 0 Å². The fraction of sp³-hybridized carbons (Fsp3) is 0.417. The van der Waals surface area contributed by atoms with Crippen molar-refractivity contribution in [2.75, 3.05) is 6.54 Å². The van der Waals surface area contributed by atoms with Gasteiger partial charge in [0.25, 0.3) is 0 Å². The first-order valence-electron chi connectivity index (χ1n) is 5.59. The Kier molecular flexibility index (Phi) is 2.18. The van der Waals surface area contributed by atoms with Crippen LogP contribution in [0.4, 0.5) is 0 Å². The average molecular weight is 201 g/mol. The smallest absolute Gasteiger partial charge is 0.0680 e. The first-order valence-corrected chi connectivity index (χ1v) is 5.59. The Morgan fingerprint density at radius 1 is 1.40 bits per heavy atom. The molecule has 3 nitrogen and oxygen atoms in total. The van der Waals surface area contributed by atoms with Crippen LogP contribution in [0.25, 0.3) is 11.8 Å². The monoisotopic (exact) mass is 201 g/mol. The number of nitrogens with one attached hydrogen (secondary N) is 2. The van der Waals surface area contributed by atoms with Gasteiger partial charge in [-0.2, -0.15) is 0 Å². The highest BCUT2D eigenvalue weighted by atomic mass is 15.4. The summed E-state index contributed by atoms with van der Waals surface area (Å²) >= 11 is 0. The predicted octanol–water partition coefficient (Wildman–Crippen LogP) is -0.122. The second-order valence-electron chi connectivity index (χ2n) is 4.18. The topological polar surface area (TPSA) is 37.0 Å². The molecule has 1 fully saturated rings. The second kappa shape index (κ2) is 3.66. The van der Waals surface area contributed by atoms with E-state index in [0.717, 1.165) is 18.3 Å². The van der Waals surface area contributed by atoms with Crippen molar-refractivity contribution in [2.24, 2.45) is 5.92 Å². The van der Waals surface area contributed by atoms with Crippen LogP contribution >= 0.6 is 0 Å². The zero-order valence-corrected chi connectivity index (χ0v) is 8.66. The minimum absolute atomic E-state index is 0.650. The van der Waals surface area contributed by atoms with Gasteiger partial charge in [0.15, 0.2) is 0 Å². The number of aromatic nitrogens is 1. The molecule has 1 atom stereocenters. The quantitative estimate of drug-likeness (QED) is 0.614. The number of nitrogens with zero attached hydrogens (tertiary/aromatic N) is 1. The maximum Gasteiger partial charge on any atom is 0.0680 e. The maximum absolute atomic E-state index is 4.40. The van der Waals surface area contributed by atoms with Gasteiger partial charge in [0.2, 0.25) is 0 Å². The van der Waals surface area contributed by atoms with Crippen molar-refractivity contribution in [1.29, 1.82) is 0 Å². The van der Waals surface area contributed by atoms with Crippen LogP contribution in [-0.4, -0.2) is 11.5 Å². The van der Waals surface area contributed by atoms with Gasteiger partial charge in [-0.25, -0.2) is 5.43 Å². The molecule has 2 heterocycles. The third kappa shape index (κ3) is 1.53. The second-order valence-corrected chi connectivity index (χ2v) is 4.18. The van der Waals surface area contributed by atoms with E-state index in [2.05, 4.69) is 28.0 Å². The third-order valence-corrected chi connectivity index (χ3v) is 3.21. The summed E-state index contributed by atoms with van der Waals surface area (Å²) in [5.74, 6) is 0.650. The van der Waals surface area contributed by atoms with Gasteiger partial charge in [-0.1, -0.05) is 6.08 Å². The summed E-state index contributed by atoms with van der Waals surface area (Å²) in [5, 5.41) is 2.39. The lowest BCUT2D eigenvalue weighted by atomic mass is 9.92. The van der Waals surface area contributed by atoms with Gasteiger partial charge >= 0.3 is 0 Å². The van der Waals surface area contributed by atoms with Crippen molar-refractivity contribution in [3.63, 3.8) is 0 Å². The van der Waals surface area contributed by atoms with Crippen molar-refractivity contribution in [1.82, 2.24) is 15.8 Å². The van der Waals surface area contributed by atoms with Gasteiger partial charge in [0, 0.05) is 29.6 Å². The highest BCUT2D eigenvalue weighted by Gasteiger charge is 2.19. The number of rotatable bonds is 0. The molecule has 1 aliphatic heterocycles. The summed E-state index contributed by atoms with van der Waals surface area (Å²) in [5.41, 5.74) is 7.94. The summed E-state index contributed by atoms with van der Waals surface area (Å²) < 4.78 is 0. The molecule has 1 aliphatic carbocycles. The standard InChI is InChI=1S/C12H15N3/c1-3-9-5-6-11-10(4-2-7-13-11)12(9)15-14-8-1/h2,4,6-7,9,14-15H,1,3,5,8H2. The van der Waals surface area contributed by atoms with Crippen LogP contribution in [0.1, 0.15) is 19.3 Å². The first kappa shape index (κ1) is 8.92. The molecule has 2 aliphatic rings. The average Bonchev–Trinajstić information content (AvgIpc) is 2.54. The zero-order valence-electron chi connectivity index (χ0n) is 8.66. The fourth-order valence-electron chi connectivity index (χ4n) is 2.43. The first-order chi connectivity index (χ1) is 7.45. The Hall–Kier alpha value is -1.35. The molecule has 0 amide bonds. The van der Waals surface area contributed by atoms with E-state index < -0.39 is 0 Å². The van der Waals surface area contributed by atoms with Gasteiger partial charge < -0.3 is 5.43 Å². The van der Waals surface area contributed by atoms with E-state index in [1.807, 2.05) is 12.3 Å². The zero-order chi connectivity index (χ0) is 10.1. The van der Waals surface area contributed by atoms with E-state index in [1.54, 1.807) is 0 Å². The molecule has 3 heteroatoms. The molecule has 3 rings (SSSR count). The van der Waals surface area contributed by atoms with Crippen molar-refractivity contribution in [2.45, 2.75) is 19.3 Å². The highest BCUT2D eigenvalue weighted by Crippen LogP contribution is 2.22. The summed E-state index contributed by atoms with van der Waals surface area (Å²) in [6, 6.07) is 4.16. The van der Waals surface area contributed by atoms with Crippen molar-refractivity contribution in [3.05, 3.63) is 28.9 Å². The van der Waals surface area contributed by atoms with Crippen LogP contribution < -0.4 is 21.4 Å². The molecule has 0 saturated carbocycles. The molecule has 0 aromatic carbocycles. The van der Waals surface area contributed by atoms with E-state index in [0.29, 0.717) is 5.92 Å². The van der Waals surface area contributed by atoms with E-state index in [4.69, 9.17) is 0 Å². The number of pyridine rings is 1. The van der Waals surface area contributed by atoms with Gasteiger partial charge in [0.1, 0.15) is 0 Å². The van der Waals surface area contributed by atoms with Gasteiger partial charge in [-0.3, -0.25) is 4.98 Å². The van der Waals surface area contributed by atoms with Gasteiger partial charge in [-0.05, 0) is 31.4 Å². The molecule has 1 saturated heterocycles. The summed E-state index contributed by atoms with van der Waals surface area (Å²) in [6.07, 6.45) is 7.75. The Morgan fingerprint density at radius 2 is 2.40 bits per heavy atom. The van der Waals surface area contributed by atoms with Crippen molar-refractivity contribution < 1.29 is 0 Å². The molecule has 1 unspecified atom stereocenters. The minimum Gasteiger partial charge on any atom is -0.325 e. The molecule has 0 bridgehead atoms. The summed E-state index contributed by atoms with van der Waals surface area (Å²) in [4.78, 5) is 4.40. The Labute approximate surface area is 88.9 Å². The molecule has 0 radical (unpaired) electrons. The molecule has 1 aromatic heterocycles. The van der Waals surface area contributed by atoms with Gasteiger partial charge in [0.05, 0.1) is 5.35 Å². The van der Waals surface area contributed by atoms with E-state index in [1.165, 1.54) is 23.8 Å². The molecule has 0 spiro atoms. The van der Waals surface area contributed by atoms with Crippen LogP contribution in [0.2, 0.25) is 0 Å². The molecule has 78 valence electrons. The SMILES string of the molecule is C1=c2ncccc2=C2NNCCCC2C1. The lowest BCUT2D eigenvalue weighted by Gasteiger charge is -2.19. The van der Waals surface area contributed by atoms with Crippen LogP contribution in [0.5, 0.6) is 0 Å².